The molecule has 2 aromatic carbocycles. The van der Waals surface area contributed by atoms with Gasteiger partial charge < -0.3 is 0 Å². The van der Waals surface area contributed by atoms with Crippen molar-refractivity contribution in [2.75, 3.05) is 5.32 Å². The monoisotopic (exact) mass is 475 g/mol. The lowest BCUT2D eigenvalue weighted by molar-refractivity contribution is 0.102. The highest BCUT2D eigenvalue weighted by Crippen LogP contribution is 2.30. The molecule has 0 unspecified atom stereocenters. The first kappa shape index (κ1) is 18.9. The number of nitrogens with zero attached hydrogens (tertiary/aromatic N) is 4. The number of hydrogen-bond donors (Lipinski definition) is 1. The van der Waals surface area contributed by atoms with Crippen LogP contribution in [0.2, 0.25) is 0 Å². The third-order valence-electron chi connectivity index (χ3n) is 3.74. The number of halogens is 2. The molecule has 0 aliphatic carbocycles. The lowest BCUT2D eigenvalue weighted by Crippen LogP contribution is -2.11. The maximum atomic E-state index is 14.0. The van der Waals surface area contributed by atoms with Crippen molar-refractivity contribution in [1.82, 2.24) is 20.2 Å². The van der Waals surface area contributed by atoms with Crippen LogP contribution in [0.25, 0.3) is 11.0 Å². The van der Waals surface area contributed by atoms with Gasteiger partial charge in [0, 0.05) is 23.7 Å². The number of amides is 1. The van der Waals surface area contributed by atoms with E-state index in [1.165, 1.54) is 23.1 Å². The number of thioether (sulfide) groups is 1. The normalized spacial score (nSPS) is 10.9. The summed E-state index contributed by atoms with van der Waals surface area (Å²) < 4.78 is 15.1. The largest absolute Gasteiger partial charge is 0.296 e. The van der Waals surface area contributed by atoms with Crippen LogP contribution in [0.5, 0.6) is 0 Å². The number of nitrogens with one attached hydrogen (secondary N) is 1. The second-order valence-corrected chi connectivity index (χ2v) is 8.64. The van der Waals surface area contributed by atoms with Gasteiger partial charge in [-0.2, -0.15) is 0 Å². The Labute approximate surface area is 175 Å². The van der Waals surface area contributed by atoms with E-state index in [4.69, 9.17) is 0 Å². The number of carbonyl (C=O) groups excluding carboxylic acids is 1. The van der Waals surface area contributed by atoms with E-state index in [2.05, 4.69) is 41.4 Å². The topological polar surface area (TPSA) is 80.7 Å². The van der Waals surface area contributed by atoms with Crippen molar-refractivity contribution in [2.24, 2.45) is 0 Å². The molecule has 0 spiro atoms. The Kier molecular flexibility index (Phi) is 5.60. The highest BCUT2D eigenvalue weighted by atomic mass is 79.9. The number of anilines is 1. The van der Waals surface area contributed by atoms with Gasteiger partial charge in [0.15, 0.2) is 4.34 Å². The molecule has 6 nitrogen and oxygen atoms in total. The fourth-order valence-corrected chi connectivity index (χ4v) is 4.52. The molecule has 1 N–H and O–H groups in total. The number of carbonyl (C=O) groups is 1. The molecule has 0 aliphatic heterocycles. The number of rotatable bonds is 5. The lowest BCUT2D eigenvalue weighted by Gasteiger charge is -2.03. The van der Waals surface area contributed by atoms with Gasteiger partial charge in [-0.25, -0.2) is 4.39 Å². The van der Waals surface area contributed by atoms with Gasteiger partial charge in [0.25, 0.3) is 5.91 Å². The SMILES string of the molecule is O=C(Nc1nnc(SCc2cccc(Br)c2F)s1)c1ccc2nccnc2c1. The van der Waals surface area contributed by atoms with Gasteiger partial charge in [0.05, 0.1) is 15.5 Å². The molecule has 4 aromatic rings. The summed E-state index contributed by atoms with van der Waals surface area (Å²) in [5, 5.41) is 11.1. The zero-order valence-corrected chi connectivity index (χ0v) is 17.3. The van der Waals surface area contributed by atoms with Crippen LogP contribution in [-0.4, -0.2) is 26.1 Å². The molecule has 28 heavy (non-hydrogen) atoms. The summed E-state index contributed by atoms with van der Waals surface area (Å²) in [6.45, 7) is 0. The zero-order valence-electron chi connectivity index (χ0n) is 14.1. The Morgan fingerprint density at radius 3 is 2.82 bits per heavy atom. The molecular formula is C18H11BrFN5OS2. The predicted octanol–water partition coefficient (Wildman–Crippen LogP) is 4.93. The van der Waals surface area contributed by atoms with Crippen LogP contribution in [0, 0.1) is 5.82 Å². The fourth-order valence-electron chi connectivity index (χ4n) is 2.39. The van der Waals surface area contributed by atoms with E-state index in [1.807, 2.05) is 0 Å². The molecule has 0 atom stereocenters. The van der Waals surface area contributed by atoms with E-state index in [1.54, 1.807) is 48.8 Å². The van der Waals surface area contributed by atoms with Crippen LogP contribution in [0.1, 0.15) is 15.9 Å². The maximum absolute atomic E-state index is 14.0. The molecule has 0 aliphatic rings. The van der Waals surface area contributed by atoms with Gasteiger partial charge in [-0.05, 0) is 45.8 Å². The number of benzene rings is 2. The highest BCUT2D eigenvalue weighted by Gasteiger charge is 2.13. The van der Waals surface area contributed by atoms with E-state index >= 15 is 0 Å². The smallest absolute Gasteiger partial charge is 0.257 e. The van der Waals surface area contributed by atoms with Crippen molar-refractivity contribution >= 4 is 61.1 Å². The third kappa shape index (κ3) is 4.18. The van der Waals surface area contributed by atoms with Crippen LogP contribution < -0.4 is 5.32 Å². The van der Waals surface area contributed by atoms with E-state index in [-0.39, 0.29) is 11.7 Å². The molecule has 0 radical (unpaired) electrons. The third-order valence-corrected chi connectivity index (χ3v) is 6.37. The number of hydrogen-bond acceptors (Lipinski definition) is 7. The first-order valence-corrected chi connectivity index (χ1v) is 10.6. The fraction of sp³-hybridized carbons (Fsp3) is 0.0556. The zero-order chi connectivity index (χ0) is 19.5. The van der Waals surface area contributed by atoms with E-state index < -0.39 is 0 Å². The molecule has 2 aromatic heterocycles. The maximum Gasteiger partial charge on any atom is 0.257 e. The van der Waals surface area contributed by atoms with Crippen LogP contribution in [0.15, 0.2) is 57.6 Å². The quantitative estimate of drug-likeness (QED) is 0.325. The minimum absolute atomic E-state index is 0.285. The van der Waals surface area contributed by atoms with Crippen molar-refractivity contribution < 1.29 is 9.18 Å². The second kappa shape index (κ2) is 8.29. The van der Waals surface area contributed by atoms with E-state index in [0.29, 0.717) is 41.9 Å². The van der Waals surface area contributed by atoms with Crippen LogP contribution in [0.3, 0.4) is 0 Å². The van der Waals surface area contributed by atoms with Gasteiger partial charge >= 0.3 is 0 Å². The Bertz CT molecular complexity index is 1170. The average Bonchev–Trinajstić information content (AvgIpc) is 3.16. The van der Waals surface area contributed by atoms with E-state index in [9.17, 15) is 9.18 Å². The van der Waals surface area contributed by atoms with Crippen LogP contribution in [-0.2, 0) is 5.75 Å². The number of aromatic nitrogens is 4. The van der Waals surface area contributed by atoms with Crippen molar-refractivity contribution in [3.05, 3.63) is 70.2 Å². The first-order chi connectivity index (χ1) is 13.6. The first-order valence-electron chi connectivity index (χ1n) is 8.01. The summed E-state index contributed by atoms with van der Waals surface area (Å²) in [5.74, 6) is -0.178. The summed E-state index contributed by atoms with van der Waals surface area (Å²) in [6.07, 6.45) is 3.18. The summed E-state index contributed by atoms with van der Waals surface area (Å²) in [4.78, 5) is 20.8. The molecule has 1 amide bonds. The minimum atomic E-state index is -0.307. The molecule has 4 rings (SSSR count). The van der Waals surface area contributed by atoms with Crippen LogP contribution in [0.4, 0.5) is 9.52 Å². The molecule has 2 heterocycles. The summed E-state index contributed by atoms with van der Waals surface area (Å²) >= 11 is 5.77. The molecule has 0 fully saturated rings. The molecular weight excluding hydrogens is 465 g/mol. The molecule has 0 saturated heterocycles. The molecule has 0 saturated carbocycles. The minimum Gasteiger partial charge on any atom is -0.296 e. The van der Waals surface area contributed by atoms with Gasteiger partial charge in [-0.3, -0.25) is 20.1 Å². The highest BCUT2D eigenvalue weighted by molar-refractivity contribution is 9.10. The van der Waals surface area contributed by atoms with Gasteiger partial charge in [0.2, 0.25) is 5.13 Å². The van der Waals surface area contributed by atoms with Gasteiger partial charge in [-0.15, -0.1) is 10.2 Å². The molecule has 10 heteroatoms. The Morgan fingerprint density at radius 2 is 1.96 bits per heavy atom. The van der Waals surface area contributed by atoms with E-state index in [0.717, 1.165) is 0 Å². The average molecular weight is 476 g/mol. The predicted molar refractivity (Wildman–Crippen MR) is 111 cm³/mol. The van der Waals surface area contributed by atoms with Crippen molar-refractivity contribution in [2.45, 2.75) is 10.1 Å². The summed E-state index contributed by atoms with van der Waals surface area (Å²) in [5.41, 5.74) is 2.37. The van der Waals surface area contributed by atoms with Crippen LogP contribution >= 0.6 is 39.0 Å². The molecule has 0 bridgehead atoms. The summed E-state index contributed by atoms with van der Waals surface area (Å²) in [6, 6.07) is 10.2. The van der Waals surface area contributed by atoms with Crippen molar-refractivity contribution in [3.8, 4) is 0 Å². The van der Waals surface area contributed by atoms with Gasteiger partial charge in [-0.1, -0.05) is 35.2 Å². The van der Waals surface area contributed by atoms with Crippen molar-refractivity contribution in [3.63, 3.8) is 0 Å². The van der Waals surface area contributed by atoms with Crippen molar-refractivity contribution in [1.29, 1.82) is 0 Å². The number of fused-ring (bicyclic) bond motifs is 1. The lowest BCUT2D eigenvalue weighted by atomic mass is 10.2. The summed E-state index contributed by atoms with van der Waals surface area (Å²) in [7, 11) is 0. The standard InChI is InChI=1S/C18H11BrFN5OS2/c19-12-3-1-2-11(15(12)20)9-27-18-25-24-17(28-18)23-16(26)10-4-5-13-14(8-10)22-7-6-21-13/h1-8H,9H2,(H,23,24,26). The molecule has 140 valence electrons. The second-order valence-electron chi connectivity index (χ2n) is 5.59. The Balaban J connectivity index is 1.42. The Hall–Kier alpha value is -2.43. The Morgan fingerprint density at radius 1 is 1.14 bits per heavy atom. The van der Waals surface area contributed by atoms with Gasteiger partial charge in [0.1, 0.15) is 5.82 Å².